The van der Waals surface area contributed by atoms with Gasteiger partial charge >= 0.3 is 0 Å². The SMILES string of the molecule is O=C(NCCC1CCCCN1)c1ccc2ccccc2c1. The van der Waals surface area contributed by atoms with Crippen LogP contribution in [0.1, 0.15) is 36.0 Å². The molecule has 0 bridgehead atoms. The van der Waals surface area contributed by atoms with Crippen molar-refractivity contribution in [3.05, 3.63) is 48.0 Å². The number of carbonyl (C=O) groups is 1. The first-order valence-corrected chi connectivity index (χ1v) is 7.83. The predicted octanol–water partition coefficient (Wildman–Crippen LogP) is 3.10. The van der Waals surface area contributed by atoms with Gasteiger partial charge in [-0.3, -0.25) is 4.79 Å². The lowest BCUT2D eigenvalue weighted by molar-refractivity contribution is 0.0952. The van der Waals surface area contributed by atoms with Crippen LogP contribution in [0, 0.1) is 0 Å². The van der Waals surface area contributed by atoms with E-state index in [1.54, 1.807) is 0 Å². The average Bonchev–Trinajstić information content (AvgIpc) is 2.55. The minimum Gasteiger partial charge on any atom is -0.352 e. The van der Waals surface area contributed by atoms with E-state index in [-0.39, 0.29) is 5.91 Å². The Morgan fingerprint density at radius 1 is 1.14 bits per heavy atom. The van der Waals surface area contributed by atoms with Crippen LogP contribution in [0.15, 0.2) is 42.5 Å². The fraction of sp³-hybridized carbons (Fsp3) is 0.389. The standard InChI is InChI=1S/C18H22N2O/c21-18(20-12-10-17-7-3-4-11-19-17)16-9-8-14-5-1-2-6-15(14)13-16/h1-2,5-6,8-9,13,17,19H,3-4,7,10-12H2,(H,20,21). The number of fused-ring (bicyclic) bond motifs is 1. The van der Waals surface area contributed by atoms with Gasteiger partial charge in [0.15, 0.2) is 0 Å². The van der Waals surface area contributed by atoms with Crippen molar-refractivity contribution in [1.29, 1.82) is 0 Å². The molecule has 1 aliphatic heterocycles. The lowest BCUT2D eigenvalue weighted by Gasteiger charge is -2.23. The van der Waals surface area contributed by atoms with Gasteiger partial charge in [0, 0.05) is 18.2 Å². The second-order valence-electron chi connectivity index (χ2n) is 5.75. The maximum Gasteiger partial charge on any atom is 0.251 e. The van der Waals surface area contributed by atoms with Gasteiger partial charge in [-0.1, -0.05) is 36.8 Å². The molecule has 0 aliphatic carbocycles. The first-order valence-electron chi connectivity index (χ1n) is 7.83. The van der Waals surface area contributed by atoms with E-state index >= 15 is 0 Å². The molecule has 2 N–H and O–H groups in total. The monoisotopic (exact) mass is 282 g/mol. The number of piperidine rings is 1. The summed E-state index contributed by atoms with van der Waals surface area (Å²) in [5.74, 6) is 0.0246. The summed E-state index contributed by atoms with van der Waals surface area (Å²) >= 11 is 0. The van der Waals surface area contributed by atoms with Gasteiger partial charge in [0.2, 0.25) is 0 Å². The van der Waals surface area contributed by atoms with Crippen molar-refractivity contribution in [2.24, 2.45) is 0 Å². The summed E-state index contributed by atoms with van der Waals surface area (Å²) in [5, 5.41) is 8.81. The summed E-state index contributed by atoms with van der Waals surface area (Å²) in [5.41, 5.74) is 0.741. The Morgan fingerprint density at radius 2 is 2.00 bits per heavy atom. The first-order chi connectivity index (χ1) is 10.3. The molecule has 1 atom stereocenters. The molecule has 0 aromatic heterocycles. The lowest BCUT2D eigenvalue weighted by atomic mass is 10.0. The smallest absolute Gasteiger partial charge is 0.251 e. The first kappa shape index (κ1) is 14.1. The van der Waals surface area contributed by atoms with Gasteiger partial charge in [0.25, 0.3) is 5.91 Å². The zero-order valence-corrected chi connectivity index (χ0v) is 12.3. The third-order valence-electron chi connectivity index (χ3n) is 4.20. The van der Waals surface area contributed by atoms with Crippen LogP contribution in [0.2, 0.25) is 0 Å². The highest BCUT2D eigenvalue weighted by Crippen LogP contribution is 2.15. The second kappa shape index (κ2) is 6.72. The minimum atomic E-state index is 0.0246. The van der Waals surface area contributed by atoms with E-state index in [1.807, 2.05) is 36.4 Å². The Kier molecular flexibility index (Phi) is 4.51. The highest BCUT2D eigenvalue weighted by atomic mass is 16.1. The fourth-order valence-electron chi connectivity index (χ4n) is 2.96. The summed E-state index contributed by atoms with van der Waals surface area (Å²) in [4.78, 5) is 12.2. The van der Waals surface area contributed by atoms with E-state index in [2.05, 4.69) is 16.7 Å². The molecule has 1 amide bonds. The number of amides is 1. The van der Waals surface area contributed by atoms with Gasteiger partial charge in [-0.05, 0) is 48.7 Å². The topological polar surface area (TPSA) is 41.1 Å². The Morgan fingerprint density at radius 3 is 2.81 bits per heavy atom. The van der Waals surface area contributed by atoms with Crippen LogP contribution in [-0.4, -0.2) is 25.0 Å². The molecule has 21 heavy (non-hydrogen) atoms. The molecule has 0 spiro atoms. The van der Waals surface area contributed by atoms with E-state index in [9.17, 15) is 4.79 Å². The third-order valence-corrected chi connectivity index (χ3v) is 4.20. The number of rotatable bonds is 4. The van der Waals surface area contributed by atoms with Gasteiger partial charge in [-0.25, -0.2) is 0 Å². The van der Waals surface area contributed by atoms with Gasteiger partial charge in [0.05, 0.1) is 0 Å². The largest absolute Gasteiger partial charge is 0.352 e. The molecule has 3 rings (SSSR count). The summed E-state index contributed by atoms with van der Waals surface area (Å²) in [6, 6.07) is 14.5. The Bertz CT molecular complexity index is 617. The lowest BCUT2D eigenvalue weighted by Crippen LogP contribution is -2.37. The Balaban J connectivity index is 1.56. The molecule has 1 unspecified atom stereocenters. The normalized spacial score (nSPS) is 18.6. The van der Waals surface area contributed by atoms with Gasteiger partial charge in [0.1, 0.15) is 0 Å². The molecular weight excluding hydrogens is 260 g/mol. The molecule has 0 radical (unpaired) electrons. The number of benzene rings is 2. The summed E-state index contributed by atoms with van der Waals surface area (Å²) in [7, 11) is 0. The van der Waals surface area contributed by atoms with Crippen LogP contribution in [0.5, 0.6) is 0 Å². The van der Waals surface area contributed by atoms with Crippen molar-refractivity contribution in [2.75, 3.05) is 13.1 Å². The van der Waals surface area contributed by atoms with E-state index < -0.39 is 0 Å². The van der Waals surface area contributed by atoms with Crippen LogP contribution in [0.3, 0.4) is 0 Å². The molecule has 3 nitrogen and oxygen atoms in total. The van der Waals surface area contributed by atoms with Crippen molar-refractivity contribution in [3.8, 4) is 0 Å². The maximum atomic E-state index is 12.2. The van der Waals surface area contributed by atoms with E-state index in [0.717, 1.165) is 30.5 Å². The molecule has 1 fully saturated rings. The van der Waals surface area contributed by atoms with Crippen LogP contribution >= 0.6 is 0 Å². The van der Waals surface area contributed by atoms with Crippen molar-refractivity contribution < 1.29 is 4.79 Å². The summed E-state index contributed by atoms with van der Waals surface area (Å²) in [6.45, 7) is 1.85. The highest BCUT2D eigenvalue weighted by Gasteiger charge is 2.12. The number of carbonyl (C=O) groups excluding carboxylic acids is 1. The molecule has 1 heterocycles. The third kappa shape index (κ3) is 3.61. The second-order valence-corrected chi connectivity index (χ2v) is 5.75. The zero-order chi connectivity index (χ0) is 14.5. The van der Waals surface area contributed by atoms with Gasteiger partial charge in [-0.2, -0.15) is 0 Å². The van der Waals surface area contributed by atoms with Gasteiger partial charge in [-0.15, -0.1) is 0 Å². The maximum absolute atomic E-state index is 12.2. The number of hydrogen-bond donors (Lipinski definition) is 2. The molecule has 1 aliphatic rings. The van der Waals surface area contributed by atoms with E-state index in [1.165, 1.54) is 24.6 Å². The van der Waals surface area contributed by atoms with Crippen molar-refractivity contribution >= 4 is 16.7 Å². The molecule has 2 aromatic carbocycles. The fourth-order valence-corrected chi connectivity index (χ4v) is 2.96. The van der Waals surface area contributed by atoms with Crippen LogP contribution in [0.25, 0.3) is 10.8 Å². The molecule has 3 heteroatoms. The van der Waals surface area contributed by atoms with Gasteiger partial charge < -0.3 is 10.6 Å². The Hall–Kier alpha value is -1.87. The molecule has 1 saturated heterocycles. The van der Waals surface area contributed by atoms with Crippen LogP contribution in [0.4, 0.5) is 0 Å². The minimum absolute atomic E-state index is 0.0246. The molecular formula is C18H22N2O. The molecule has 110 valence electrons. The molecule has 2 aromatic rings. The number of hydrogen-bond acceptors (Lipinski definition) is 2. The zero-order valence-electron chi connectivity index (χ0n) is 12.3. The highest BCUT2D eigenvalue weighted by molar-refractivity contribution is 5.98. The molecule has 0 saturated carbocycles. The Labute approximate surface area is 125 Å². The van der Waals surface area contributed by atoms with Crippen LogP contribution in [-0.2, 0) is 0 Å². The van der Waals surface area contributed by atoms with Crippen molar-refractivity contribution in [2.45, 2.75) is 31.7 Å². The van der Waals surface area contributed by atoms with Crippen molar-refractivity contribution in [3.63, 3.8) is 0 Å². The van der Waals surface area contributed by atoms with Crippen LogP contribution < -0.4 is 10.6 Å². The summed E-state index contributed by atoms with van der Waals surface area (Å²) in [6.07, 6.45) is 4.82. The van der Waals surface area contributed by atoms with Crippen molar-refractivity contribution in [1.82, 2.24) is 10.6 Å². The van der Waals surface area contributed by atoms with E-state index in [4.69, 9.17) is 0 Å². The summed E-state index contributed by atoms with van der Waals surface area (Å²) < 4.78 is 0. The quantitative estimate of drug-likeness (QED) is 0.904. The predicted molar refractivity (Wildman–Crippen MR) is 86.5 cm³/mol. The number of nitrogens with one attached hydrogen (secondary N) is 2. The van der Waals surface area contributed by atoms with E-state index in [0.29, 0.717) is 6.04 Å². The average molecular weight is 282 g/mol.